The van der Waals surface area contributed by atoms with Crippen molar-refractivity contribution in [1.29, 1.82) is 0 Å². The number of aryl methyl sites for hydroxylation is 1. The van der Waals surface area contributed by atoms with E-state index in [9.17, 15) is 0 Å². The Kier molecular flexibility index (Phi) is 3.28. The van der Waals surface area contributed by atoms with Crippen LogP contribution in [-0.4, -0.2) is 9.97 Å². The first-order chi connectivity index (χ1) is 7.31. The standard InChI is InChI=1S/C11H18N4/c1-8-6-13-11(14-7-8)10(15-12)9-4-2-3-5-9/h6-7,9-10,15H,2-5,12H2,1H3. The Hall–Kier alpha value is -1.00. The molecule has 0 spiro atoms. The molecule has 1 saturated carbocycles. The second kappa shape index (κ2) is 4.68. The predicted molar refractivity (Wildman–Crippen MR) is 58.8 cm³/mol. The molecule has 2 rings (SSSR count). The molecular formula is C11H18N4. The molecule has 1 atom stereocenters. The summed E-state index contributed by atoms with van der Waals surface area (Å²) in [6.45, 7) is 1.99. The first-order valence-electron chi connectivity index (χ1n) is 5.56. The smallest absolute Gasteiger partial charge is 0.146 e. The van der Waals surface area contributed by atoms with Gasteiger partial charge in [-0.3, -0.25) is 5.84 Å². The van der Waals surface area contributed by atoms with E-state index < -0.39 is 0 Å². The third-order valence-corrected chi connectivity index (χ3v) is 3.13. The predicted octanol–water partition coefficient (Wildman–Crippen LogP) is 1.48. The first kappa shape index (κ1) is 10.5. The topological polar surface area (TPSA) is 63.8 Å². The summed E-state index contributed by atoms with van der Waals surface area (Å²) in [7, 11) is 0. The number of hydrogen-bond acceptors (Lipinski definition) is 4. The van der Waals surface area contributed by atoms with Crippen LogP contribution in [0.25, 0.3) is 0 Å². The number of hydrogen-bond donors (Lipinski definition) is 2. The average molecular weight is 206 g/mol. The summed E-state index contributed by atoms with van der Waals surface area (Å²) in [5.41, 5.74) is 3.94. The molecule has 4 heteroatoms. The van der Waals surface area contributed by atoms with E-state index in [2.05, 4.69) is 15.4 Å². The zero-order valence-corrected chi connectivity index (χ0v) is 9.11. The lowest BCUT2D eigenvalue weighted by Gasteiger charge is -2.20. The highest BCUT2D eigenvalue weighted by atomic mass is 15.2. The molecule has 3 N–H and O–H groups in total. The van der Waals surface area contributed by atoms with Crippen LogP contribution in [-0.2, 0) is 0 Å². The van der Waals surface area contributed by atoms with E-state index in [1.165, 1.54) is 25.7 Å². The summed E-state index contributed by atoms with van der Waals surface area (Å²) in [6, 6.07) is 0.119. The molecule has 15 heavy (non-hydrogen) atoms. The Balaban J connectivity index is 2.14. The Morgan fingerprint density at radius 2 is 1.93 bits per heavy atom. The number of nitrogens with two attached hydrogens (primary N) is 1. The molecule has 0 bridgehead atoms. The molecule has 1 aliphatic carbocycles. The van der Waals surface area contributed by atoms with Gasteiger partial charge in [-0.15, -0.1) is 0 Å². The van der Waals surface area contributed by atoms with E-state index in [1.807, 2.05) is 19.3 Å². The normalized spacial score (nSPS) is 19.3. The lowest BCUT2D eigenvalue weighted by Crippen LogP contribution is -2.34. The molecule has 4 nitrogen and oxygen atoms in total. The molecule has 0 radical (unpaired) electrons. The fraction of sp³-hybridized carbons (Fsp3) is 0.636. The molecule has 0 aliphatic heterocycles. The van der Waals surface area contributed by atoms with Crippen molar-refractivity contribution in [2.45, 2.75) is 38.6 Å². The van der Waals surface area contributed by atoms with E-state index in [1.54, 1.807) is 0 Å². The third-order valence-electron chi connectivity index (χ3n) is 3.13. The van der Waals surface area contributed by atoms with Gasteiger partial charge in [-0.05, 0) is 31.2 Å². The van der Waals surface area contributed by atoms with Gasteiger partial charge >= 0.3 is 0 Å². The molecule has 1 unspecified atom stereocenters. The minimum absolute atomic E-state index is 0.119. The summed E-state index contributed by atoms with van der Waals surface area (Å²) < 4.78 is 0. The summed E-state index contributed by atoms with van der Waals surface area (Å²) in [5.74, 6) is 7.02. The molecule has 82 valence electrons. The second-order valence-electron chi connectivity index (χ2n) is 4.31. The zero-order chi connectivity index (χ0) is 10.7. The van der Waals surface area contributed by atoms with Gasteiger partial charge < -0.3 is 0 Å². The van der Waals surface area contributed by atoms with Gasteiger partial charge in [0, 0.05) is 12.4 Å². The molecule has 0 amide bonds. The van der Waals surface area contributed by atoms with Gasteiger partial charge in [-0.25, -0.2) is 15.4 Å². The van der Waals surface area contributed by atoms with Crippen molar-refractivity contribution in [1.82, 2.24) is 15.4 Å². The SMILES string of the molecule is Cc1cnc(C(NN)C2CCCC2)nc1. The quantitative estimate of drug-likeness (QED) is 0.581. The van der Waals surface area contributed by atoms with Crippen LogP contribution in [0.3, 0.4) is 0 Å². The fourth-order valence-corrected chi connectivity index (χ4v) is 2.28. The second-order valence-corrected chi connectivity index (χ2v) is 4.31. The summed E-state index contributed by atoms with van der Waals surface area (Å²) in [5, 5.41) is 0. The summed E-state index contributed by atoms with van der Waals surface area (Å²) in [6.07, 6.45) is 8.75. The van der Waals surface area contributed by atoms with E-state index in [-0.39, 0.29) is 6.04 Å². The Morgan fingerprint density at radius 3 is 2.47 bits per heavy atom. The highest BCUT2D eigenvalue weighted by Crippen LogP contribution is 2.33. The number of nitrogens with zero attached hydrogens (tertiary/aromatic N) is 2. The van der Waals surface area contributed by atoms with Gasteiger partial charge in [0.2, 0.25) is 0 Å². The number of hydrazine groups is 1. The van der Waals surface area contributed by atoms with Crippen molar-refractivity contribution >= 4 is 0 Å². The van der Waals surface area contributed by atoms with Crippen LogP contribution in [0.4, 0.5) is 0 Å². The molecule has 1 heterocycles. The van der Waals surface area contributed by atoms with Crippen molar-refractivity contribution in [3.63, 3.8) is 0 Å². The van der Waals surface area contributed by atoms with Gasteiger partial charge in [0.25, 0.3) is 0 Å². The first-order valence-corrected chi connectivity index (χ1v) is 5.56. The van der Waals surface area contributed by atoms with E-state index in [4.69, 9.17) is 5.84 Å². The van der Waals surface area contributed by atoms with Crippen LogP contribution >= 0.6 is 0 Å². The lowest BCUT2D eigenvalue weighted by atomic mass is 9.98. The number of rotatable bonds is 3. The zero-order valence-electron chi connectivity index (χ0n) is 9.11. The average Bonchev–Trinajstić information content (AvgIpc) is 2.75. The van der Waals surface area contributed by atoms with Gasteiger partial charge in [0.05, 0.1) is 6.04 Å². The van der Waals surface area contributed by atoms with E-state index >= 15 is 0 Å². The van der Waals surface area contributed by atoms with Gasteiger partial charge in [0.15, 0.2) is 0 Å². The maximum atomic E-state index is 5.59. The van der Waals surface area contributed by atoms with Crippen molar-refractivity contribution in [2.75, 3.05) is 0 Å². The summed E-state index contributed by atoms with van der Waals surface area (Å²) in [4.78, 5) is 8.68. The highest BCUT2D eigenvalue weighted by Gasteiger charge is 2.27. The van der Waals surface area contributed by atoms with Crippen molar-refractivity contribution in [2.24, 2.45) is 11.8 Å². The molecule has 1 aliphatic rings. The highest BCUT2D eigenvalue weighted by molar-refractivity contribution is 5.05. The van der Waals surface area contributed by atoms with Crippen molar-refractivity contribution in [3.8, 4) is 0 Å². The van der Waals surface area contributed by atoms with Crippen LogP contribution in [0.2, 0.25) is 0 Å². The summed E-state index contributed by atoms with van der Waals surface area (Å²) >= 11 is 0. The molecule has 1 aromatic rings. The number of nitrogens with one attached hydrogen (secondary N) is 1. The van der Waals surface area contributed by atoms with Gasteiger partial charge in [0.1, 0.15) is 5.82 Å². The molecular weight excluding hydrogens is 188 g/mol. The largest absolute Gasteiger partial charge is 0.271 e. The van der Waals surface area contributed by atoms with Gasteiger partial charge in [-0.1, -0.05) is 12.8 Å². The maximum Gasteiger partial charge on any atom is 0.146 e. The fourth-order valence-electron chi connectivity index (χ4n) is 2.28. The van der Waals surface area contributed by atoms with Crippen LogP contribution < -0.4 is 11.3 Å². The van der Waals surface area contributed by atoms with E-state index in [0.29, 0.717) is 5.92 Å². The molecule has 0 saturated heterocycles. The molecule has 1 aromatic heterocycles. The van der Waals surface area contributed by atoms with E-state index in [0.717, 1.165) is 11.4 Å². The third kappa shape index (κ3) is 2.33. The molecule has 0 aromatic carbocycles. The van der Waals surface area contributed by atoms with Crippen LogP contribution in [0.15, 0.2) is 12.4 Å². The minimum atomic E-state index is 0.119. The van der Waals surface area contributed by atoms with Crippen LogP contribution in [0, 0.1) is 12.8 Å². The van der Waals surface area contributed by atoms with Crippen LogP contribution in [0.5, 0.6) is 0 Å². The lowest BCUT2D eigenvalue weighted by molar-refractivity contribution is 0.358. The Labute approximate surface area is 90.3 Å². The Morgan fingerprint density at radius 1 is 1.33 bits per heavy atom. The minimum Gasteiger partial charge on any atom is -0.271 e. The monoisotopic (exact) mass is 206 g/mol. The van der Waals surface area contributed by atoms with Crippen molar-refractivity contribution < 1.29 is 0 Å². The maximum absolute atomic E-state index is 5.59. The molecule has 1 fully saturated rings. The Bertz CT molecular complexity index is 303. The van der Waals surface area contributed by atoms with Crippen molar-refractivity contribution in [3.05, 3.63) is 23.8 Å². The van der Waals surface area contributed by atoms with Crippen LogP contribution in [0.1, 0.15) is 43.1 Å². The van der Waals surface area contributed by atoms with Gasteiger partial charge in [-0.2, -0.15) is 0 Å². The number of aromatic nitrogens is 2.